The molecule has 2 aliphatic heterocycles. The van der Waals surface area contributed by atoms with Gasteiger partial charge in [0.25, 0.3) is 5.91 Å². The zero-order chi connectivity index (χ0) is 24.7. The van der Waals surface area contributed by atoms with E-state index < -0.39 is 0 Å². The monoisotopic (exact) mass is 463 g/mol. The first-order valence-corrected chi connectivity index (χ1v) is 11.6. The molecule has 0 spiro atoms. The number of carbonyl (C=O) groups excluding carboxylic acids is 2. The molecule has 0 saturated carbocycles. The number of hydrogen-bond donors (Lipinski definition) is 2. The van der Waals surface area contributed by atoms with Crippen LogP contribution in [0.1, 0.15) is 67.2 Å². The smallest absolute Gasteiger partial charge is 0.251 e. The number of nitrogens with one attached hydrogen (secondary N) is 2. The Morgan fingerprint density at radius 2 is 1.82 bits per heavy atom. The number of fused-ring (bicyclic) bond motifs is 3. The lowest BCUT2D eigenvalue weighted by Crippen LogP contribution is -2.34. The highest BCUT2D eigenvalue weighted by Crippen LogP contribution is 2.47. The molecule has 0 atom stereocenters. The van der Waals surface area contributed by atoms with Gasteiger partial charge in [0.1, 0.15) is 5.60 Å². The zero-order valence-electron chi connectivity index (χ0n) is 20.8. The Labute approximate surface area is 200 Å². The number of nitrogens with zero attached hydrogens (tertiary/aromatic N) is 1. The highest BCUT2D eigenvalue weighted by molar-refractivity contribution is 6.16. The number of hydrogen-bond acceptors (Lipinski definition) is 5. The summed E-state index contributed by atoms with van der Waals surface area (Å²) < 4.78 is 12.0. The first-order chi connectivity index (χ1) is 16.0. The van der Waals surface area contributed by atoms with E-state index in [4.69, 9.17) is 14.5 Å². The lowest BCUT2D eigenvalue weighted by Gasteiger charge is -2.31. The van der Waals surface area contributed by atoms with Gasteiger partial charge in [0.15, 0.2) is 11.5 Å². The lowest BCUT2D eigenvalue weighted by molar-refractivity contribution is -0.118. The van der Waals surface area contributed by atoms with Crippen molar-refractivity contribution in [1.82, 2.24) is 10.6 Å². The summed E-state index contributed by atoms with van der Waals surface area (Å²) in [5.41, 5.74) is 5.06. The van der Waals surface area contributed by atoms with E-state index >= 15 is 0 Å². The average molecular weight is 464 g/mol. The molecule has 0 radical (unpaired) electrons. The van der Waals surface area contributed by atoms with Crippen molar-refractivity contribution in [3.63, 3.8) is 0 Å². The van der Waals surface area contributed by atoms with Gasteiger partial charge in [-0.1, -0.05) is 12.1 Å². The van der Waals surface area contributed by atoms with Crippen molar-refractivity contribution < 1.29 is 19.1 Å². The van der Waals surface area contributed by atoms with Gasteiger partial charge in [-0.3, -0.25) is 14.6 Å². The van der Waals surface area contributed by atoms with Gasteiger partial charge in [0, 0.05) is 48.7 Å². The van der Waals surface area contributed by atoms with Crippen LogP contribution in [0, 0.1) is 0 Å². The van der Waals surface area contributed by atoms with Crippen LogP contribution in [-0.4, -0.2) is 48.9 Å². The fraction of sp³-hybridized carbons (Fsp3) is 0.444. The van der Waals surface area contributed by atoms with E-state index in [2.05, 4.69) is 44.4 Å². The molecule has 2 aromatic carbocycles. The van der Waals surface area contributed by atoms with E-state index in [0.717, 1.165) is 46.7 Å². The third kappa shape index (κ3) is 4.79. The second kappa shape index (κ2) is 8.78. The maximum Gasteiger partial charge on any atom is 0.251 e. The van der Waals surface area contributed by atoms with Crippen LogP contribution < -0.4 is 20.1 Å². The van der Waals surface area contributed by atoms with Crippen LogP contribution in [0.5, 0.6) is 11.5 Å². The molecular formula is C27H33N3O4. The predicted octanol–water partition coefficient (Wildman–Crippen LogP) is 3.45. The molecule has 2 aromatic rings. The zero-order valence-corrected chi connectivity index (χ0v) is 20.8. The summed E-state index contributed by atoms with van der Waals surface area (Å²) in [5.74, 6) is 1.23. The number of ether oxygens (including phenoxy) is 2. The topological polar surface area (TPSA) is 89.0 Å². The first-order valence-electron chi connectivity index (χ1n) is 11.6. The SMILES string of the molecule is COc1cc2c(c3c1OC(C)(C)C3)C(c1cccc(C(=O)NCCNC(C)=O)c1)=NC(C)(C)C2. The Kier molecular flexibility index (Phi) is 6.14. The maximum absolute atomic E-state index is 12.8. The molecular weight excluding hydrogens is 430 g/mol. The summed E-state index contributed by atoms with van der Waals surface area (Å²) >= 11 is 0. The summed E-state index contributed by atoms with van der Waals surface area (Å²) in [5, 5.41) is 5.54. The Balaban J connectivity index is 1.73. The van der Waals surface area contributed by atoms with Gasteiger partial charge in [0.05, 0.1) is 18.4 Å². The minimum Gasteiger partial charge on any atom is -0.493 e. The number of aliphatic imine (C=N–C) groups is 1. The molecule has 4 rings (SSSR count). The second-order valence-electron chi connectivity index (χ2n) is 10.2. The minimum atomic E-state index is -0.335. The summed E-state index contributed by atoms with van der Waals surface area (Å²) in [4.78, 5) is 28.9. The predicted molar refractivity (Wildman–Crippen MR) is 132 cm³/mol. The molecule has 180 valence electrons. The molecule has 0 unspecified atom stereocenters. The van der Waals surface area contributed by atoms with E-state index in [1.807, 2.05) is 18.2 Å². The maximum atomic E-state index is 12.8. The summed E-state index contributed by atoms with van der Waals surface area (Å²) in [7, 11) is 1.67. The van der Waals surface area contributed by atoms with E-state index in [1.54, 1.807) is 13.2 Å². The van der Waals surface area contributed by atoms with Gasteiger partial charge in [0.2, 0.25) is 5.91 Å². The van der Waals surface area contributed by atoms with Gasteiger partial charge in [-0.05, 0) is 57.9 Å². The fourth-order valence-corrected chi connectivity index (χ4v) is 4.75. The molecule has 2 aliphatic rings. The van der Waals surface area contributed by atoms with Gasteiger partial charge >= 0.3 is 0 Å². The van der Waals surface area contributed by atoms with Gasteiger partial charge in [-0.15, -0.1) is 0 Å². The molecule has 0 aliphatic carbocycles. The summed E-state index contributed by atoms with van der Waals surface area (Å²) in [6.07, 6.45) is 1.55. The number of rotatable bonds is 6. The molecule has 7 nitrogen and oxygen atoms in total. The molecule has 7 heteroatoms. The second-order valence-corrected chi connectivity index (χ2v) is 10.2. The lowest BCUT2D eigenvalue weighted by atomic mass is 9.80. The van der Waals surface area contributed by atoms with Crippen LogP contribution >= 0.6 is 0 Å². The van der Waals surface area contributed by atoms with Crippen LogP contribution in [-0.2, 0) is 17.6 Å². The molecule has 0 bridgehead atoms. The van der Waals surface area contributed by atoms with Crippen molar-refractivity contribution in [3.8, 4) is 11.5 Å². The van der Waals surface area contributed by atoms with E-state index in [-0.39, 0.29) is 23.0 Å². The number of carbonyl (C=O) groups is 2. The third-order valence-corrected chi connectivity index (χ3v) is 6.08. The van der Waals surface area contributed by atoms with E-state index in [1.165, 1.54) is 12.5 Å². The first kappa shape index (κ1) is 23.8. The van der Waals surface area contributed by atoms with Gasteiger partial charge in [-0.2, -0.15) is 0 Å². The number of amides is 2. The van der Waals surface area contributed by atoms with E-state index in [9.17, 15) is 9.59 Å². The third-order valence-electron chi connectivity index (χ3n) is 6.08. The van der Waals surface area contributed by atoms with E-state index in [0.29, 0.717) is 18.7 Å². The Hall–Kier alpha value is -3.35. The normalized spacial score (nSPS) is 17.1. The fourth-order valence-electron chi connectivity index (χ4n) is 4.75. The van der Waals surface area contributed by atoms with Gasteiger partial charge in [-0.25, -0.2) is 0 Å². The largest absolute Gasteiger partial charge is 0.493 e. The summed E-state index contributed by atoms with van der Waals surface area (Å²) in [6.45, 7) is 10.6. The molecule has 0 aromatic heterocycles. The highest BCUT2D eigenvalue weighted by Gasteiger charge is 2.39. The molecule has 2 heterocycles. The van der Waals surface area contributed by atoms with Crippen molar-refractivity contribution in [2.75, 3.05) is 20.2 Å². The number of benzene rings is 2. The Morgan fingerprint density at radius 3 is 2.53 bits per heavy atom. The van der Waals surface area contributed by atoms with Crippen molar-refractivity contribution in [1.29, 1.82) is 0 Å². The van der Waals surface area contributed by atoms with Crippen LogP contribution in [0.4, 0.5) is 0 Å². The quantitative estimate of drug-likeness (QED) is 0.643. The van der Waals surface area contributed by atoms with Crippen LogP contribution in [0.2, 0.25) is 0 Å². The van der Waals surface area contributed by atoms with Crippen molar-refractivity contribution in [3.05, 3.63) is 58.1 Å². The van der Waals surface area contributed by atoms with Crippen molar-refractivity contribution in [2.24, 2.45) is 4.99 Å². The molecule has 2 amide bonds. The molecule has 0 saturated heterocycles. The highest BCUT2D eigenvalue weighted by atomic mass is 16.5. The number of methoxy groups -OCH3 is 1. The molecule has 34 heavy (non-hydrogen) atoms. The summed E-state index contributed by atoms with van der Waals surface area (Å²) in [6, 6.07) is 9.62. The van der Waals surface area contributed by atoms with Crippen molar-refractivity contribution in [2.45, 2.75) is 58.6 Å². The standard InChI is InChI=1S/C27H33N3O4/c1-16(31)28-10-11-29-25(32)18-9-7-8-17(12-18)23-22-19(14-26(2,3)30-23)13-21(33-6)24-20(22)15-27(4,5)34-24/h7-9,12-13H,10-11,14-15H2,1-6H3,(H,28,31)(H,29,32). The van der Waals surface area contributed by atoms with Crippen LogP contribution in [0.3, 0.4) is 0 Å². The average Bonchev–Trinajstić information content (AvgIpc) is 3.09. The molecule has 2 N–H and O–H groups in total. The van der Waals surface area contributed by atoms with Crippen LogP contribution in [0.25, 0.3) is 0 Å². The Bertz CT molecular complexity index is 1180. The van der Waals surface area contributed by atoms with Crippen molar-refractivity contribution >= 4 is 17.5 Å². The van der Waals surface area contributed by atoms with Gasteiger partial charge < -0.3 is 20.1 Å². The molecule has 0 fully saturated rings. The Morgan fingerprint density at radius 1 is 1.09 bits per heavy atom. The minimum absolute atomic E-state index is 0.121. The van der Waals surface area contributed by atoms with Crippen LogP contribution in [0.15, 0.2) is 35.3 Å².